The zero-order valence-corrected chi connectivity index (χ0v) is 16.3. The molecule has 3 aromatic rings. The highest BCUT2D eigenvalue weighted by molar-refractivity contribution is 6.33. The number of aromatic nitrogens is 1. The van der Waals surface area contributed by atoms with Crippen molar-refractivity contribution in [3.8, 4) is 17.0 Å². The van der Waals surface area contributed by atoms with Gasteiger partial charge in [0, 0.05) is 12.1 Å². The summed E-state index contributed by atoms with van der Waals surface area (Å²) in [5.41, 5.74) is 3.71. The quantitative estimate of drug-likeness (QED) is 0.674. The first kappa shape index (κ1) is 19.0. The molecule has 0 spiro atoms. The van der Waals surface area contributed by atoms with Crippen LogP contribution in [0, 0.1) is 13.8 Å². The van der Waals surface area contributed by atoms with Crippen LogP contribution < -0.4 is 10.1 Å². The summed E-state index contributed by atoms with van der Waals surface area (Å²) in [6.45, 7) is 4.20. The molecule has 0 aliphatic carbocycles. The molecule has 0 fully saturated rings. The van der Waals surface area contributed by atoms with E-state index in [4.69, 9.17) is 20.9 Å². The van der Waals surface area contributed by atoms with Crippen LogP contribution in [0.4, 0.5) is 0 Å². The molecule has 0 aliphatic heterocycles. The number of halogens is 1. The van der Waals surface area contributed by atoms with Gasteiger partial charge in [0.15, 0.2) is 0 Å². The number of nitrogens with one attached hydrogen (secondary N) is 1. The molecule has 6 heteroatoms. The normalized spacial score (nSPS) is 10.7. The predicted octanol–water partition coefficient (Wildman–Crippen LogP) is 4.59. The third-order valence-electron chi connectivity index (χ3n) is 4.33. The van der Waals surface area contributed by atoms with Crippen LogP contribution in [0.25, 0.3) is 11.3 Å². The smallest absolute Gasteiger partial charge is 0.257 e. The number of carbonyl (C=O) groups is 1. The zero-order chi connectivity index (χ0) is 19.4. The van der Waals surface area contributed by atoms with E-state index in [0.29, 0.717) is 40.6 Å². The molecule has 27 heavy (non-hydrogen) atoms. The standard InChI is InChI=1S/C21H21ClN2O3/c1-13-8-9-18(26-3)15(12-13)10-11-23-21(25)19-14(2)27-24-20(19)16-6-4-5-7-17(16)22/h4-9,12H,10-11H2,1-3H3,(H,23,25). The number of nitrogens with zero attached hydrogens (tertiary/aromatic N) is 1. The minimum Gasteiger partial charge on any atom is -0.496 e. The Balaban J connectivity index is 1.76. The number of benzene rings is 2. The molecule has 0 bridgehead atoms. The second-order valence-electron chi connectivity index (χ2n) is 6.26. The average Bonchev–Trinajstić information content (AvgIpc) is 3.03. The number of carbonyl (C=O) groups excluding carboxylic acids is 1. The summed E-state index contributed by atoms with van der Waals surface area (Å²) >= 11 is 6.25. The van der Waals surface area contributed by atoms with Gasteiger partial charge in [0.05, 0.1) is 12.1 Å². The lowest BCUT2D eigenvalue weighted by atomic mass is 10.0. The molecule has 3 rings (SSSR count). The van der Waals surface area contributed by atoms with E-state index in [9.17, 15) is 4.79 Å². The van der Waals surface area contributed by atoms with Crippen molar-refractivity contribution in [2.24, 2.45) is 0 Å². The maximum absolute atomic E-state index is 12.8. The Kier molecular flexibility index (Phi) is 5.81. The number of aryl methyl sites for hydroxylation is 2. The third-order valence-corrected chi connectivity index (χ3v) is 4.66. The molecule has 2 aromatic carbocycles. The Morgan fingerprint density at radius 1 is 1.22 bits per heavy atom. The molecule has 5 nitrogen and oxygen atoms in total. The van der Waals surface area contributed by atoms with Gasteiger partial charge < -0.3 is 14.6 Å². The minimum atomic E-state index is -0.240. The lowest BCUT2D eigenvalue weighted by Crippen LogP contribution is -2.26. The molecule has 0 atom stereocenters. The minimum absolute atomic E-state index is 0.240. The van der Waals surface area contributed by atoms with E-state index in [2.05, 4.69) is 16.5 Å². The SMILES string of the molecule is COc1ccc(C)cc1CCNC(=O)c1c(-c2ccccc2Cl)noc1C. The van der Waals surface area contributed by atoms with E-state index in [1.54, 1.807) is 20.1 Å². The van der Waals surface area contributed by atoms with Crippen LogP contribution in [0.5, 0.6) is 5.75 Å². The van der Waals surface area contributed by atoms with Gasteiger partial charge in [-0.25, -0.2) is 0 Å². The van der Waals surface area contributed by atoms with Crippen LogP contribution in [-0.4, -0.2) is 24.7 Å². The lowest BCUT2D eigenvalue weighted by Gasteiger charge is -2.10. The van der Waals surface area contributed by atoms with Crippen molar-refractivity contribution in [2.45, 2.75) is 20.3 Å². The van der Waals surface area contributed by atoms with Gasteiger partial charge in [-0.3, -0.25) is 4.79 Å². The molecule has 0 unspecified atom stereocenters. The van der Waals surface area contributed by atoms with Crippen molar-refractivity contribution in [3.63, 3.8) is 0 Å². The topological polar surface area (TPSA) is 64.4 Å². The number of amides is 1. The van der Waals surface area contributed by atoms with Gasteiger partial charge >= 0.3 is 0 Å². The summed E-state index contributed by atoms with van der Waals surface area (Å²) in [7, 11) is 1.64. The van der Waals surface area contributed by atoms with Gasteiger partial charge in [0.1, 0.15) is 22.8 Å². The molecule has 1 N–H and O–H groups in total. The summed E-state index contributed by atoms with van der Waals surface area (Å²) in [5, 5.41) is 7.49. The van der Waals surface area contributed by atoms with E-state index in [1.807, 2.05) is 37.3 Å². The summed E-state index contributed by atoms with van der Waals surface area (Å²) < 4.78 is 10.6. The molecule has 1 heterocycles. The second-order valence-corrected chi connectivity index (χ2v) is 6.67. The van der Waals surface area contributed by atoms with Crippen molar-refractivity contribution in [2.75, 3.05) is 13.7 Å². The fourth-order valence-corrected chi connectivity index (χ4v) is 3.20. The van der Waals surface area contributed by atoms with Crippen molar-refractivity contribution in [1.82, 2.24) is 10.5 Å². The van der Waals surface area contributed by atoms with Crippen LogP contribution >= 0.6 is 11.6 Å². The van der Waals surface area contributed by atoms with Gasteiger partial charge in [-0.2, -0.15) is 0 Å². The predicted molar refractivity (Wildman–Crippen MR) is 105 cm³/mol. The number of rotatable bonds is 6. The highest BCUT2D eigenvalue weighted by Crippen LogP contribution is 2.31. The highest BCUT2D eigenvalue weighted by Gasteiger charge is 2.22. The first-order valence-corrected chi connectivity index (χ1v) is 9.02. The maximum atomic E-state index is 12.8. The van der Waals surface area contributed by atoms with Crippen molar-refractivity contribution >= 4 is 17.5 Å². The van der Waals surface area contributed by atoms with Gasteiger partial charge in [0.2, 0.25) is 0 Å². The van der Waals surface area contributed by atoms with Crippen molar-refractivity contribution < 1.29 is 14.1 Å². The summed E-state index contributed by atoms with van der Waals surface area (Å²) in [6, 6.07) is 13.2. The average molecular weight is 385 g/mol. The van der Waals surface area contributed by atoms with Crippen LogP contribution in [0.3, 0.4) is 0 Å². The molecule has 0 aliphatic rings. The van der Waals surface area contributed by atoms with Gasteiger partial charge in [0.25, 0.3) is 5.91 Å². The van der Waals surface area contributed by atoms with Crippen molar-refractivity contribution in [3.05, 3.63) is 69.9 Å². The number of hydrogen-bond acceptors (Lipinski definition) is 4. The van der Waals surface area contributed by atoms with E-state index in [-0.39, 0.29) is 5.91 Å². The largest absolute Gasteiger partial charge is 0.496 e. The van der Waals surface area contributed by atoms with Crippen LogP contribution in [-0.2, 0) is 6.42 Å². The summed E-state index contributed by atoms with van der Waals surface area (Å²) in [4.78, 5) is 12.8. The Hall–Kier alpha value is -2.79. The molecule has 0 radical (unpaired) electrons. The first-order valence-electron chi connectivity index (χ1n) is 8.64. The van der Waals surface area contributed by atoms with Gasteiger partial charge in [-0.15, -0.1) is 0 Å². The van der Waals surface area contributed by atoms with Gasteiger partial charge in [-0.1, -0.05) is 52.7 Å². The van der Waals surface area contributed by atoms with Gasteiger partial charge in [-0.05, 0) is 38.0 Å². The van der Waals surface area contributed by atoms with Crippen LogP contribution in [0.1, 0.15) is 27.2 Å². The number of hydrogen-bond donors (Lipinski definition) is 1. The Bertz CT molecular complexity index is 966. The van der Waals surface area contributed by atoms with E-state index in [1.165, 1.54) is 0 Å². The monoisotopic (exact) mass is 384 g/mol. The van der Waals surface area contributed by atoms with Crippen LogP contribution in [0.2, 0.25) is 5.02 Å². The second kappa shape index (κ2) is 8.27. The maximum Gasteiger partial charge on any atom is 0.257 e. The molecule has 140 valence electrons. The molecule has 0 saturated carbocycles. The summed E-state index contributed by atoms with van der Waals surface area (Å²) in [6.07, 6.45) is 0.655. The number of ether oxygens (including phenoxy) is 1. The van der Waals surface area contributed by atoms with Crippen molar-refractivity contribution in [1.29, 1.82) is 0 Å². The number of methoxy groups -OCH3 is 1. The van der Waals surface area contributed by atoms with Crippen LogP contribution in [0.15, 0.2) is 47.0 Å². The van der Waals surface area contributed by atoms with E-state index >= 15 is 0 Å². The fraction of sp³-hybridized carbons (Fsp3) is 0.238. The molecule has 1 amide bonds. The molecule has 1 aromatic heterocycles. The Labute approximate surface area is 163 Å². The fourth-order valence-electron chi connectivity index (χ4n) is 2.98. The zero-order valence-electron chi connectivity index (χ0n) is 15.5. The van der Waals surface area contributed by atoms with E-state index < -0.39 is 0 Å². The highest BCUT2D eigenvalue weighted by atomic mass is 35.5. The first-order chi connectivity index (χ1) is 13.0. The molecular weight excluding hydrogens is 364 g/mol. The third kappa shape index (κ3) is 4.14. The molecule has 0 saturated heterocycles. The molecular formula is C21H21ClN2O3. The lowest BCUT2D eigenvalue weighted by molar-refractivity contribution is 0.0953. The Morgan fingerprint density at radius 3 is 2.74 bits per heavy atom. The summed E-state index contributed by atoms with van der Waals surface area (Å²) in [5.74, 6) is 1.03. The Morgan fingerprint density at radius 2 is 2.00 bits per heavy atom. The van der Waals surface area contributed by atoms with E-state index in [0.717, 1.165) is 16.9 Å².